The van der Waals surface area contributed by atoms with E-state index in [2.05, 4.69) is 4.90 Å². The van der Waals surface area contributed by atoms with E-state index < -0.39 is 0 Å². The van der Waals surface area contributed by atoms with Gasteiger partial charge in [0.2, 0.25) is 0 Å². The Bertz CT molecular complexity index is 79.9. The lowest BCUT2D eigenvalue weighted by atomic mass is 10.1. The Balaban J connectivity index is 0.000000561. The molecule has 1 rings (SSSR count). The van der Waals surface area contributed by atoms with Gasteiger partial charge in [-0.3, -0.25) is 0 Å². The molecule has 0 amide bonds. The van der Waals surface area contributed by atoms with Gasteiger partial charge in [-0.15, -0.1) is 0 Å². The molecule has 0 aromatic rings. The van der Waals surface area contributed by atoms with Crippen molar-refractivity contribution in [2.45, 2.75) is 39.5 Å². The van der Waals surface area contributed by atoms with E-state index in [-0.39, 0.29) is 0 Å². The van der Waals surface area contributed by atoms with E-state index in [1.54, 1.807) is 0 Å². The van der Waals surface area contributed by atoms with Gasteiger partial charge in [0.1, 0.15) is 0 Å². The Hall–Kier alpha value is -0.0800. The highest BCUT2D eigenvalue weighted by Crippen LogP contribution is 2.08. The maximum absolute atomic E-state index is 8.57. The third kappa shape index (κ3) is 5.56. The monoisotopic (exact) mass is 173 g/mol. The Morgan fingerprint density at radius 3 is 2.17 bits per heavy atom. The Kier molecular flexibility index (Phi) is 8.95. The number of piperidine rings is 1. The second kappa shape index (κ2) is 9.01. The molecule has 1 heterocycles. The second-order valence-corrected chi connectivity index (χ2v) is 2.98. The predicted molar refractivity (Wildman–Crippen MR) is 53.3 cm³/mol. The van der Waals surface area contributed by atoms with Gasteiger partial charge in [0.25, 0.3) is 0 Å². The lowest BCUT2D eigenvalue weighted by Crippen LogP contribution is -2.30. The molecular formula is C10H23NO. The summed E-state index contributed by atoms with van der Waals surface area (Å²) in [5.74, 6) is 0. The highest BCUT2D eigenvalue weighted by Gasteiger charge is 2.07. The Morgan fingerprint density at radius 2 is 1.67 bits per heavy atom. The first-order valence-corrected chi connectivity index (χ1v) is 5.26. The fourth-order valence-electron chi connectivity index (χ4n) is 1.48. The molecule has 2 heteroatoms. The van der Waals surface area contributed by atoms with Crippen LogP contribution in [0, 0.1) is 0 Å². The topological polar surface area (TPSA) is 23.5 Å². The molecule has 1 N–H and O–H groups in total. The first kappa shape index (κ1) is 11.9. The molecule has 0 bridgehead atoms. The maximum atomic E-state index is 8.57. The third-order valence-electron chi connectivity index (χ3n) is 2.08. The maximum Gasteiger partial charge on any atom is 0.0443 e. The van der Waals surface area contributed by atoms with Gasteiger partial charge >= 0.3 is 0 Å². The van der Waals surface area contributed by atoms with Gasteiger partial charge in [0, 0.05) is 13.2 Å². The summed E-state index contributed by atoms with van der Waals surface area (Å²) in [4.78, 5) is 2.44. The predicted octanol–water partition coefficient (Wildman–Crippen LogP) is 1.88. The smallest absolute Gasteiger partial charge is 0.0443 e. The fraction of sp³-hybridized carbons (Fsp3) is 1.00. The molecule has 0 atom stereocenters. The van der Waals surface area contributed by atoms with Crippen LogP contribution in [0.15, 0.2) is 0 Å². The third-order valence-corrected chi connectivity index (χ3v) is 2.08. The molecule has 0 radical (unpaired) electrons. The molecule has 0 saturated carbocycles. The van der Waals surface area contributed by atoms with Gasteiger partial charge < -0.3 is 10.0 Å². The second-order valence-electron chi connectivity index (χ2n) is 2.98. The van der Waals surface area contributed by atoms with Crippen LogP contribution in [0.4, 0.5) is 0 Å². The molecule has 1 saturated heterocycles. The zero-order valence-corrected chi connectivity index (χ0v) is 8.55. The van der Waals surface area contributed by atoms with Crippen molar-refractivity contribution in [3.63, 3.8) is 0 Å². The standard InChI is InChI=1S/C8H17NO.C2H6/c10-8-4-7-9-5-2-1-3-6-9;1-2/h10H,1-8H2;1-2H3. The van der Waals surface area contributed by atoms with E-state index in [0.29, 0.717) is 6.61 Å². The molecule has 2 nitrogen and oxygen atoms in total. The van der Waals surface area contributed by atoms with Crippen molar-refractivity contribution >= 4 is 0 Å². The van der Waals surface area contributed by atoms with Crippen molar-refractivity contribution in [2.24, 2.45) is 0 Å². The lowest BCUT2D eigenvalue weighted by molar-refractivity contribution is 0.198. The Labute approximate surface area is 76.6 Å². The van der Waals surface area contributed by atoms with Gasteiger partial charge in [-0.2, -0.15) is 0 Å². The van der Waals surface area contributed by atoms with Crippen LogP contribution in [0.1, 0.15) is 39.5 Å². The van der Waals surface area contributed by atoms with Crippen LogP contribution in [0.3, 0.4) is 0 Å². The van der Waals surface area contributed by atoms with Gasteiger partial charge in [-0.05, 0) is 32.4 Å². The number of aliphatic hydroxyl groups is 1. The molecule has 0 aromatic carbocycles. The summed E-state index contributed by atoms with van der Waals surface area (Å²) in [5, 5.41) is 8.57. The molecule has 0 aliphatic carbocycles. The zero-order valence-electron chi connectivity index (χ0n) is 8.55. The van der Waals surface area contributed by atoms with Crippen LogP contribution < -0.4 is 0 Å². The highest BCUT2D eigenvalue weighted by atomic mass is 16.3. The summed E-state index contributed by atoms with van der Waals surface area (Å²) in [5.41, 5.74) is 0. The number of nitrogens with zero attached hydrogens (tertiary/aromatic N) is 1. The van der Waals surface area contributed by atoms with Crippen molar-refractivity contribution in [2.75, 3.05) is 26.2 Å². The molecule has 1 aliphatic rings. The van der Waals surface area contributed by atoms with Crippen LogP contribution in [0.25, 0.3) is 0 Å². The summed E-state index contributed by atoms with van der Waals surface area (Å²) in [6.45, 7) is 7.94. The summed E-state index contributed by atoms with van der Waals surface area (Å²) >= 11 is 0. The van der Waals surface area contributed by atoms with Crippen LogP contribution in [0.5, 0.6) is 0 Å². The molecule has 0 spiro atoms. The van der Waals surface area contributed by atoms with Crippen molar-refractivity contribution < 1.29 is 5.11 Å². The van der Waals surface area contributed by atoms with Crippen molar-refractivity contribution in [1.29, 1.82) is 0 Å². The molecule has 74 valence electrons. The van der Waals surface area contributed by atoms with E-state index in [1.165, 1.54) is 32.4 Å². The number of rotatable bonds is 3. The zero-order chi connectivity index (χ0) is 9.23. The minimum absolute atomic E-state index is 0.344. The van der Waals surface area contributed by atoms with Gasteiger partial charge in [0.05, 0.1) is 0 Å². The number of aliphatic hydroxyl groups excluding tert-OH is 1. The molecule has 1 fully saturated rings. The van der Waals surface area contributed by atoms with E-state index in [0.717, 1.165) is 13.0 Å². The number of hydrogen-bond donors (Lipinski definition) is 1. The average Bonchev–Trinajstić information content (AvgIpc) is 2.19. The molecule has 12 heavy (non-hydrogen) atoms. The first-order chi connectivity index (χ1) is 5.93. The van der Waals surface area contributed by atoms with Crippen LogP contribution in [-0.4, -0.2) is 36.2 Å². The molecule has 0 aromatic heterocycles. The van der Waals surface area contributed by atoms with Crippen molar-refractivity contribution in [3.8, 4) is 0 Å². The number of likely N-dealkylation sites (tertiary alicyclic amines) is 1. The van der Waals surface area contributed by atoms with Crippen LogP contribution in [-0.2, 0) is 0 Å². The summed E-state index contributed by atoms with van der Waals surface area (Å²) < 4.78 is 0. The minimum atomic E-state index is 0.344. The lowest BCUT2D eigenvalue weighted by Gasteiger charge is -2.25. The highest BCUT2D eigenvalue weighted by molar-refractivity contribution is 4.63. The van der Waals surface area contributed by atoms with E-state index in [9.17, 15) is 0 Å². The SMILES string of the molecule is CC.OCCCN1CCCCC1. The molecule has 0 unspecified atom stereocenters. The first-order valence-electron chi connectivity index (χ1n) is 5.26. The average molecular weight is 173 g/mol. The summed E-state index contributed by atoms with van der Waals surface area (Å²) in [7, 11) is 0. The van der Waals surface area contributed by atoms with E-state index in [1.807, 2.05) is 13.8 Å². The normalized spacial score (nSPS) is 18.2. The summed E-state index contributed by atoms with van der Waals surface area (Å²) in [6, 6.07) is 0. The molecular weight excluding hydrogens is 150 g/mol. The van der Waals surface area contributed by atoms with Crippen LogP contribution in [0.2, 0.25) is 0 Å². The van der Waals surface area contributed by atoms with E-state index >= 15 is 0 Å². The van der Waals surface area contributed by atoms with Crippen molar-refractivity contribution in [1.82, 2.24) is 4.90 Å². The summed E-state index contributed by atoms with van der Waals surface area (Å²) in [6.07, 6.45) is 5.05. The van der Waals surface area contributed by atoms with Crippen molar-refractivity contribution in [3.05, 3.63) is 0 Å². The minimum Gasteiger partial charge on any atom is -0.396 e. The van der Waals surface area contributed by atoms with Gasteiger partial charge in [-0.1, -0.05) is 20.3 Å². The fourth-order valence-corrected chi connectivity index (χ4v) is 1.48. The quantitative estimate of drug-likeness (QED) is 0.704. The Morgan fingerprint density at radius 1 is 1.08 bits per heavy atom. The van der Waals surface area contributed by atoms with E-state index in [4.69, 9.17) is 5.11 Å². The molecule has 1 aliphatic heterocycles. The number of hydrogen-bond acceptors (Lipinski definition) is 2. The van der Waals surface area contributed by atoms with Gasteiger partial charge in [0.15, 0.2) is 0 Å². The van der Waals surface area contributed by atoms with Crippen LogP contribution >= 0.6 is 0 Å². The largest absolute Gasteiger partial charge is 0.396 e. The van der Waals surface area contributed by atoms with Gasteiger partial charge in [-0.25, -0.2) is 0 Å².